The van der Waals surface area contributed by atoms with Crippen LogP contribution in [0.1, 0.15) is 77.2 Å². The number of nitrogens with one attached hydrogen (secondary N) is 1. The van der Waals surface area contributed by atoms with Gasteiger partial charge in [0, 0.05) is 40.2 Å². The van der Waals surface area contributed by atoms with Crippen LogP contribution in [0.25, 0.3) is 0 Å². The molecule has 3 aromatic carbocycles. The number of phenolic OH excluding ortho intramolecular Hbond substituents is 1. The number of carbonyl (C=O) groups is 1. The second-order valence-corrected chi connectivity index (χ2v) is 12.1. The van der Waals surface area contributed by atoms with Crippen LogP contribution in [0.2, 0.25) is 0 Å². The van der Waals surface area contributed by atoms with Crippen molar-refractivity contribution in [1.82, 2.24) is 14.9 Å². The third kappa shape index (κ3) is 6.62. The Balaban J connectivity index is 1.25. The number of aromatic nitrogens is 2. The van der Waals surface area contributed by atoms with Crippen molar-refractivity contribution < 1.29 is 14.6 Å². The molecule has 41 heavy (non-hydrogen) atoms. The number of amides is 1. The minimum absolute atomic E-state index is 0.0102. The Morgan fingerprint density at radius 3 is 2.59 bits per heavy atom. The van der Waals surface area contributed by atoms with Gasteiger partial charge in [-0.25, -0.2) is 4.98 Å². The van der Waals surface area contributed by atoms with Crippen molar-refractivity contribution in [3.05, 3.63) is 107 Å². The average molecular weight is 568 g/mol. The molecule has 0 radical (unpaired) electrons. The van der Waals surface area contributed by atoms with Crippen molar-refractivity contribution in [3.63, 3.8) is 0 Å². The number of rotatable bonds is 10. The lowest BCUT2D eigenvalue weighted by molar-refractivity contribution is 0.0938. The third-order valence-corrected chi connectivity index (χ3v) is 9.29. The van der Waals surface area contributed by atoms with E-state index in [4.69, 9.17) is 4.74 Å². The highest BCUT2D eigenvalue weighted by molar-refractivity contribution is 7.98. The molecule has 0 bridgehead atoms. The SMILES string of the molecule is O=C(NC1CCCC1)c1ccc(SCc2c3c(cc(O)c2O[C@H](Cn2ccnc2)c2ccccc2)CCCC3)cc1. The topological polar surface area (TPSA) is 76.4 Å². The van der Waals surface area contributed by atoms with E-state index in [2.05, 4.69) is 22.4 Å². The molecule has 6 nitrogen and oxygen atoms in total. The molecule has 0 unspecified atom stereocenters. The maximum atomic E-state index is 12.7. The Morgan fingerprint density at radius 2 is 1.83 bits per heavy atom. The van der Waals surface area contributed by atoms with E-state index in [1.807, 2.05) is 59.3 Å². The summed E-state index contributed by atoms with van der Waals surface area (Å²) >= 11 is 1.71. The van der Waals surface area contributed by atoms with Crippen molar-refractivity contribution in [2.75, 3.05) is 0 Å². The molecule has 2 N–H and O–H groups in total. The number of fused-ring (bicyclic) bond motifs is 1. The van der Waals surface area contributed by atoms with E-state index in [-0.39, 0.29) is 17.8 Å². The van der Waals surface area contributed by atoms with Crippen molar-refractivity contribution in [2.24, 2.45) is 0 Å². The molecule has 1 heterocycles. The number of ether oxygens (including phenoxy) is 1. The molecule has 1 atom stereocenters. The second kappa shape index (κ2) is 12.9. The van der Waals surface area contributed by atoms with Crippen LogP contribution in [0.15, 0.2) is 84.3 Å². The quantitative estimate of drug-likeness (QED) is 0.197. The van der Waals surface area contributed by atoms with Gasteiger partial charge in [-0.1, -0.05) is 43.2 Å². The molecule has 7 heteroatoms. The first-order valence-electron chi connectivity index (χ1n) is 14.7. The fourth-order valence-electron chi connectivity index (χ4n) is 6.04. The zero-order valence-corrected chi connectivity index (χ0v) is 24.1. The summed E-state index contributed by atoms with van der Waals surface area (Å²) in [6.07, 6.45) is 14.0. The minimum Gasteiger partial charge on any atom is -0.504 e. The lowest BCUT2D eigenvalue weighted by Gasteiger charge is -2.27. The van der Waals surface area contributed by atoms with Crippen molar-refractivity contribution in [3.8, 4) is 11.5 Å². The summed E-state index contributed by atoms with van der Waals surface area (Å²) in [5, 5.41) is 14.5. The number of hydrogen-bond donors (Lipinski definition) is 2. The van der Waals surface area contributed by atoms with Crippen molar-refractivity contribution >= 4 is 17.7 Å². The van der Waals surface area contributed by atoms with E-state index in [1.165, 1.54) is 24.0 Å². The van der Waals surface area contributed by atoms with Crippen LogP contribution in [-0.2, 0) is 25.1 Å². The zero-order valence-electron chi connectivity index (χ0n) is 23.3. The summed E-state index contributed by atoms with van der Waals surface area (Å²) in [5.74, 6) is 1.45. The summed E-state index contributed by atoms with van der Waals surface area (Å²) in [6, 6.07) is 20.3. The molecule has 4 aromatic rings. The molecule has 0 spiro atoms. The molecule has 1 saturated carbocycles. The van der Waals surface area contributed by atoms with Gasteiger partial charge in [-0.3, -0.25) is 4.79 Å². The van der Waals surface area contributed by atoms with E-state index < -0.39 is 0 Å². The zero-order chi connectivity index (χ0) is 28.0. The highest BCUT2D eigenvalue weighted by atomic mass is 32.2. The average Bonchev–Trinajstić information content (AvgIpc) is 3.72. The largest absolute Gasteiger partial charge is 0.504 e. The first kappa shape index (κ1) is 27.5. The van der Waals surface area contributed by atoms with Gasteiger partial charge in [-0.15, -0.1) is 11.8 Å². The second-order valence-electron chi connectivity index (χ2n) is 11.1. The van der Waals surface area contributed by atoms with Gasteiger partial charge in [0.2, 0.25) is 0 Å². The van der Waals surface area contributed by atoms with E-state index in [9.17, 15) is 9.90 Å². The van der Waals surface area contributed by atoms with Crippen LogP contribution in [0.5, 0.6) is 11.5 Å². The van der Waals surface area contributed by atoms with Crippen LogP contribution < -0.4 is 10.1 Å². The fraction of sp³-hybridized carbons (Fsp3) is 0.353. The van der Waals surface area contributed by atoms with Gasteiger partial charge in [-0.05, 0) is 85.5 Å². The van der Waals surface area contributed by atoms with Gasteiger partial charge in [0.25, 0.3) is 5.91 Å². The smallest absolute Gasteiger partial charge is 0.251 e. The Hall–Kier alpha value is -3.71. The molecule has 212 valence electrons. The normalized spacial score (nSPS) is 15.8. The summed E-state index contributed by atoms with van der Waals surface area (Å²) in [5.41, 5.74) is 5.34. The Kier molecular flexibility index (Phi) is 8.61. The van der Waals surface area contributed by atoms with Gasteiger partial charge in [0.05, 0.1) is 12.9 Å². The van der Waals surface area contributed by atoms with E-state index in [0.29, 0.717) is 29.7 Å². The molecule has 1 fully saturated rings. The number of phenols is 1. The summed E-state index contributed by atoms with van der Waals surface area (Å²) in [4.78, 5) is 18.0. The van der Waals surface area contributed by atoms with Crippen molar-refractivity contribution in [1.29, 1.82) is 0 Å². The number of imidazole rings is 1. The van der Waals surface area contributed by atoms with Crippen LogP contribution >= 0.6 is 11.8 Å². The van der Waals surface area contributed by atoms with Gasteiger partial charge in [0.1, 0.15) is 6.10 Å². The molecule has 2 aliphatic rings. The highest BCUT2D eigenvalue weighted by Crippen LogP contribution is 2.43. The van der Waals surface area contributed by atoms with Crippen molar-refractivity contribution in [2.45, 2.75) is 80.7 Å². The number of aryl methyl sites for hydroxylation is 1. The van der Waals surface area contributed by atoms with Crippen LogP contribution in [-0.4, -0.2) is 26.6 Å². The number of carbonyl (C=O) groups excluding carboxylic acids is 1. The lowest BCUT2D eigenvalue weighted by Crippen LogP contribution is -2.32. The third-order valence-electron chi connectivity index (χ3n) is 8.25. The van der Waals surface area contributed by atoms with Gasteiger partial charge in [-0.2, -0.15) is 0 Å². The Labute approximate surface area is 246 Å². The molecular formula is C34H37N3O3S. The molecule has 0 saturated heterocycles. The maximum Gasteiger partial charge on any atom is 0.251 e. The van der Waals surface area contributed by atoms with E-state index in [1.54, 1.807) is 24.3 Å². The molecular weight excluding hydrogens is 530 g/mol. The van der Waals surface area contributed by atoms with Gasteiger partial charge in [0.15, 0.2) is 11.5 Å². The Bertz CT molecular complexity index is 1450. The predicted octanol–water partition coefficient (Wildman–Crippen LogP) is 7.25. The molecule has 1 amide bonds. The van der Waals surface area contributed by atoms with Gasteiger partial charge < -0.3 is 19.7 Å². The van der Waals surface area contributed by atoms with Crippen LogP contribution in [0.4, 0.5) is 0 Å². The standard InChI is InChI=1S/C34H37N3O3S/c38-31-20-26-10-4-7-13-29(26)30(22-41-28-16-14-25(15-17-28)34(39)36-27-11-5-6-12-27)33(31)40-32(21-37-19-18-35-23-37)24-8-2-1-3-9-24/h1-3,8-9,14-20,23,27,32,38H,4-7,10-13,21-22H2,(H,36,39)/t32-/m1/s1. The lowest BCUT2D eigenvalue weighted by atomic mass is 9.88. The van der Waals surface area contributed by atoms with Crippen LogP contribution in [0, 0.1) is 0 Å². The summed E-state index contributed by atoms with van der Waals surface area (Å²) in [7, 11) is 0. The van der Waals surface area contributed by atoms with Crippen LogP contribution in [0.3, 0.4) is 0 Å². The molecule has 2 aliphatic carbocycles. The molecule has 6 rings (SSSR count). The monoisotopic (exact) mass is 567 g/mol. The summed E-state index contributed by atoms with van der Waals surface area (Å²) in [6.45, 7) is 0.581. The van der Waals surface area contributed by atoms with E-state index in [0.717, 1.165) is 54.5 Å². The van der Waals surface area contributed by atoms with Gasteiger partial charge >= 0.3 is 0 Å². The first-order chi connectivity index (χ1) is 20.1. The number of nitrogens with zero attached hydrogens (tertiary/aromatic N) is 2. The number of hydrogen-bond acceptors (Lipinski definition) is 5. The predicted molar refractivity (Wildman–Crippen MR) is 163 cm³/mol. The molecule has 1 aromatic heterocycles. The number of benzene rings is 3. The highest BCUT2D eigenvalue weighted by Gasteiger charge is 2.25. The number of aromatic hydroxyl groups is 1. The number of thioether (sulfide) groups is 1. The molecule has 0 aliphatic heterocycles. The summed E-state index contributed by atoms with van der Waals surface area (Å²) < 4.78 is 8.75. The Morgan fingerprint density at radius 1 is 1.05 bits per heavy atom. The van der Waals surface area contributed by atoms with E-state index >= 15 is 0 Å². The first-order valence-corrected chi connectivity index (χ1v) is 15.7. The maximum absolute atomic E-state index is 12.7. The fourth-order valence-corrected chi connectivity index (χ4v) is 6.99. The minimum atomic E-state index is -0.292.